The molecular formula is C37H33ClF3N5O2. The number of imidazole rings is 1. The molecule has 0 bridgehead atoms. The molecule has 0 aliphatic heterocycles. The number of hydrogen-bond donors (Lipinski definition) is 0. The fourth-order valence-electron chi connectivity index (χ4n) is 5.23. The molecule has 246 valence electrons. The molecule has 0 N–H and O–H groups in total. The van der Waals surface area contributed by atoms with Gasteiger partial charge in [-0.2, -0.15) is 18.3 Å². The molecule has 0 saturated carbocycles. The van der Waals surface area contributed by atoms with Gasteiger partial charge in [-0.05, 0) is 53.1 Å². The maximum absolute atomic E-state index is 13.5. The highest BCUT2D eigenvalue weighted by Crippen LogP contribution is 2.42. The van der Waals surface area contributed by atoms with Gasteiger partial charge in [-0.25, -0.2) is 14.6 Å². The van der Waals surface area contributed by atoms with Crippen LogP contribution in [-0.4, -0.2) is 30.1 Å². The fourth-order valence-corrected chi connectivity index (χ4v) is 5.35. The lowest BCUT2D eigenvalue weighted by atomic mass is 9.76. The van der Waals surface area contributed by atoms with Crippen LogP contribution < -0.4 is 4.74 Å². The highest BCUT2D eigenvalue weighted by atomic mass is 35.5. The van der Waals surface area contributed by atoms with Gasteiger partial charge < -0.3 is 4.74 Å². The van der Waals surface area contributed by atoms with Crippen molar-refractivity contribution in [2.45, 2.75) is 38.7 Å². The zero-order valence-electron chi connectivity index (χ0n) is 26.4. The van der Waals surface area contributed by atoms with E-state index in [1.165, 1.54) is 24.8 Å². The second-order valence-corrected chi connectivity index (χ2v) is 12.3. The van der Waals surface area contributed by atoms with E-state index in [0.29, 0.717) is 16.3 Å². The zero-order chi connectivity index (χ0) is 34.4. The van der Waals surface area contributed by atoms with E-state index in [9.17, 15) is 18.0 Å². The summed E-state index contributed by atoms with van der Waals surface area (Å²) >= 11 is 5.85. The third kappa shape index (κ3) is 7.50. The van der Waals surface area contributed by atoms with Crippen molar-refractivity contribution in [1.82, 2.24) is 24.3 Å². The summed E-state index contributed by atoms with van der Waals surface area (Å²) < 4.78 is 49.5. The quantitative estimate of drug-likeness (QED) is 0.151. The normalized spacial score (nSPS) is 12.5. The van der Waals surface area contributed by atoms with E-state index >= 15 is 0 Å². The number of aromatic nitrogens is 5. The Morgan fingerprint density at radius 2 is 1.33 bits per heavy atom. The topological polar surface area (TPSA) is 74.8 Å². The molecule has 0 saturated heterocycles. The molecule has 2 aromatic heterocycles. The minimum Gasteiger partial charge on any atom is -0.463 e. The van der Waals surface area contributed by atoms with Crippen molar-refractivity contribution in [3.05, 3.63) is 168 Å². The number of carbonyl (C=O) groups excluding carboxylic acids is 1. The van der Waals surface area contributed by atoms with E-state index in [2.05, 4.69) is 15.1 Å². The zero-order valence-corrected chi connectivity index (χ0v) is 27.2. The Kier molecular flexibility index (Phi) is 10.1. The second kappa shape index (κ2) is 14.3. The minimum atomic E-state index is -4.45. The summed E-state index contributed by atoms with van der Waals surface area (Å²) in [6.45, 7) is 5.60. The second-order valence-electron chi connectivity index (χ2n) is 11.9. The predicted octanol–water partition coefficient (Wildman–Crippen LogP) is 8.87. The molecule has 1 unspecified atom stereocenters. The number of ether oxygens (including phenoxy) is 1. The van der Waals surface area contributed by atoms with Crippen LogP contribution >= 0.6 is 11.6 Å². The van der Waals surface area contributed by atoms with Crippen LogP contribution in [0.5, 0.6) is 5.75 Å². The van der Waals surface area contributed by atoms with E-state index in [0.717, 1.165) is 17.2 Å². The average Bonchev–Trinajstić information content (AvgIpc) is 3.82. The molecule has 4 aromatic carbocycles. The first kappa shape index (κ1) is 34.1. The number of rotatable bonds is 8. The summed E-state index contributed by atoms with van der Waals surface area (Å²) in [5.74, 6) is 0.566. The molecular weight excluding hydrogens is 639 g/mol. The van der Waals surface area contributed by atoms with Crippen LogP contribution in [0.15, 0.2) is 141 Å². The van der Waals surface area contributed by atoms with Crippen molar-refractivity contribution in [2.75, 3.05) is 0 Å². The Balaban J connectivity index is 0.000000199. The first-order valence-electron chi connectivity index (χ1n) is 15.0. The average molecular weight is 672 g/mol. The van der Waals surface area contributed by atoms with E-state index in [-0.39, 0.29) is 5.78 Å². The molecule has 0 radical (unpaired) electrons. The van der Waals surface area contributed by atoms with Crippen LogP contribution in [-0.2, 0) is 16.5 Å². The predicted molar refractivity (Wildman–Crippen MR) is 177 cm³/mol. The smallest absolute Gasteiger partial charge is 0.416 e. The standard InChI is InChI=1S/C22H16F3N3.C15H17ClN2O2/c23-22(24,25)20-13-7-12-19(14-20)21(28-16-26-15-27-28,17-8-3-1-4-9-17)18-10-5-2-6-11-18;1-15(2,3)13(19)14(18-9-8-17-10-18)20-12-6-4-11(16)5-7-12/h1-16H;4-10,14H,1-3H3. The first-order chi connectivity index (χ1) is 22.9. The van der Waals surface area contributed by atoms with E-state index in [1.807, 2.05) is 81.4 Å². The maximum atomic E-state index is 13.5. The van der Waals surface area contributed by atoms with Crippen molar-refractivity contribution in [2.24, 2.45) is 5.41 Å². The van der Waals surface area contributed by atoms with Gasteiger partial charge >= 0.3 is 6.18 Å². The molecule has 7 nitrogen and oxygen atoms in total. The van der Waals surface area contributed by atoms with Crippen LogP contribution in [0.25, 0.3) is 0 Å². The summed E-state index contributed by atoms with van der Waals surface area (Å²) in [6.07, 6.45) is 2.63. The molecule has 0 aliphatic rings. The van der Waals surface area contributed by atoms with Crippen molar-refractivity contribution in [1.29, 1.82) is 0 Å². The molecule has 1 atom stereocenters. The van der Waals surface area contributed by atoms with E-state index in [4.69, 9.17) is 16.3 Å². The number of ketones is 1. The highest BCUT2D eigenvalue weighted by Gasteiger charge is 2.41. The van der Waals surface area contributed by atoms with Gasteiger partial charge in [0.2, 0.25) is 6.23 Å². The SMILES string of the molecule is CC(C)(C)C(=O)C(Oc1ccc(Cl)cc1)n1ccnc1.FC(F)(F)c1cccc(C(c2ccccc2)(c2ccccc2)n2cncn2)c1. The van der Waals surface area contributed by atoms with Crippen molar-refractivity contribution < 1.29 is 22.7 Å². The van der Waals surface area contributed by atoms with Gasteiger partial charge in [0.05, 0.1) is 11.9 Å². The third-order valence-electron chi connectivity index (χ3n) is 7.57. The lowest BCUT2D eigenvalue weighted by Gasteiger charge is -2.36. The third-order valence-corrected chi connectivity index (χ3v) is 7.83. The molecule has 0 fully saturated rings. The molecule has 48 heavy (non-hydrogen) atoms. The molecule has 2 heterocycles. The van der Waals surface area contributed by atoms with Gasteiger partial charge in [0.25, 0.3) is 0 Å². The Labute approximate surface area is 281 Å². The van der Waals surface area contributed by atoms with E-state index < -0.39 is 28.9 Å². The first-order valence-corrected chi connectivity index (χ1v) is 15.4. The molecule has 0 spiro atoms. The maximum Gasteiger partial charge on any atom is 0.416 e. The Morgan fingerprint density at radius 1 is 0.750 bits per heavy atom. The monoisotopic (exact) mass is 671 g/mol. The number of benzene rings is 4. The summed E-state index contributed by atoms with van der Waals surface area (Å²) in [4.78, 5) is 20.6. The molecule has 0 aliphatic carbocycles. The van der Waals surface area contributed by atoms with Gasteiger partial charge in [0, 0.05) is 22.8 Å². The van der Waals surface area contributed by atoms with Gasteiger partial charge in [0.15, 0.2) is 5.78 Å². The number of nitrogens with zero attached hydrogens (tertiary/aromatic N) is 5. The van der Waals surface area contributed by atoms with Gasteiger partial charge in [-0.1, -0.05) is 105 Å². The largest absolute Gasteiger partial charge is 0.463 e. The van der Waals surface area contributed by atoms with Crippen LogP contribution in [0.4, 0.5) is 13.2 Å². The fraction of sp³-hybridized carbons (Fsp3) is 0.189. The highest BCUT2D eigenvalue weighted by molar-refractivity contribution is 6.30. The van der Waals surface area contributed by atoms with Gasteiger partial charge in [0.1, 0.15) is 23.9 Å². The molecule has 6 rings (SSSR count). The molecule has 0 amide bonds. The number of carbonyl (C=O) groups is 1. The van der Waals surface area contributed by atoms with Crippen molar-refractivity contribution >= 4 is 17.4 Å². The van der Waals surface area contributed by atoms with Crippen LogP contribution in [0.1, 0.15) is 49.3 Å². The van der Waals surface area contributed by atoms with Crippen molar-refractivity contribution in [3.8, 4) is 5.75 Å². The Hall–Kier alpha value is -5.22. The van der Waals surface area contributed by atoms with Crippen molar-refractivity contribution in [3.63, 3.8) is 0 Å². The van der Waals surface area contributed by atoms with Gasteiger partial charge in [-0.3, -0.25) is 9.36 Å². The summed E-state index contributed by atoms with van der Waals surface area (Å²) in [5.41, 5.74) is -0.301. The lowest BCUT2D eigenvalue weighted by Crippen LogP contribution is -2.38. The Morgan fingerprint density at radius 3 is 1.83 bits per heavy atom. The van der Waals surface area contributed by atoms with Crippen LogP contribution in [0.2, 0.25) is 5.02 Å². The van der Waals surface area contributed by atoms with E-state index in [1.54, 1.807) is 58.3 Å². The summed E-state index contributed by atoms with van der Waals surface area (Å²) in [6, 6.07) is 31.0. The number of halogens is 4. The van der Waals surface area contributed by atoms with Crippen LogP contribution in [0, 0.1) is 5.41 Å². The molecule has 11 heteroatoms. The van der Waals surface area contributed by atoms with Gasteiger partial charge in [-0.15, -0.1) is 0 Å². The van der Waals surface area contributed by atoms with Crippen LogP contribution in [0.3, 0.4) is 0 Å². The summed E-state index contributed by atoms with van der Waals surface area (Å²) in [5, 5.41) is 4.96. The minimum absolute atomic E-state index is 0.0227. The number of alkyl halides is 3. The summed E-state index contributed by atoms with van der Waals surface area (Å²) in [7, 11) is 0. The number of Topliss-reactive ketones (excluding diaryl/α,β-unsaturated/α-hetero) is 1. The molecule has 6 aromatic rings. The lowest BCUT2D eigenvalue weighted by molar-refractivity contribution is -0.138. The number of hydrogen-bond acceptors (Lipinski definition) is 5. The Bertz CT molecular complexity index is 1850.